The number of nitrogens with one attached hydrogen (secondary N) is 1. The number of carbonyl (C=O) groups excluding carboxylic acids is 1. The van der Waals surface area contributed by atoms with Gasteiger partial charge in [0.15, 0.2) is 0 Å². The van der Waals surface area contributed by atoms with Gasteiger partial charge in [-0.05, 0) is 24.1 Å². The van der Waals surface area contributed by atoms with Gasteiger partial charge in [0.2, 0.25) is 5.91 Å². The molecular formula is C16H18N2O. The molecular weight excluding hydrogens is 236 g/mol. The van der Waals surface area contributed by atoms with E-state index in [0.29, 0.717) is 6.42 Å². The number of aromatic nitrogens is 1. The first-order valence-electron chi connectivity index (χ1n) is 6.72. The standard InChI is InChI=1S/C16H18N2O/c1-12-3-2-4-13(9-12)10-16(19)18-8-6-14-11-17-7-5-15(14)18/h2-4,6,8-9,17H,5,7,10-11H2,1H3. The van der Waals surface area contributed by atoms with Crippen molar-refractivity contribution in [1.29, 1.82) is 0 Å². The summed E-state index contributed by atoms with van der Waals surface area (Å²) in [5.41, 5.74) is 4.71. The van der Waals surface area contributed by atoms with Crippen molar-refractivity contribution in [3.63, 3.8) is 0 Å². The van der Waals surface area contributed by atoms with Crippen LogP contribution in [0.4, 0.5) is 0 Å². The molecule has 98 valence electrons. The van der Waals surface area contributed by atoms with Crippen LogP contribution < -0.4 is 5.32 Å². The highest BCUT2D eigenvalue weighted by Gasteiger charge is 2.17. The zero-order valence-corrected chi connectivity index (χ0v) is 11.1. The summed E-state index contributed by atoms with van der Waals surface area (Å²) in [6.07, 6.45) is 3.31. The summed E-state index contributed by atoms with van der Waals surface area (Å²) in [5, 5.41) is 3.33. The zero-order valence-electron chi connectivity index (χ0n) is 11.1. The molecule has 0 unspecified atom stereocenters. The average Bonchev–Trinajstić information content (AvgIpc) is 2.82. The quantitative estimate of drug-likeness (QED) is 0.892. The van der Waals surface area contributed by atoms with E-state index in [0.717, 1.165) is 25.1 Å². The van der Waals surface area contributed by atoms with E-state index in [4.69, 9.17) is 0 Å². The summed E-state index contributed by atoms with van der Waals surface area (Å²) in [6.45, 7) is 3.88. The predicted molar refractivity (Wildman–Crippen MR) is 75.4 cm³/mol. The van der Waals surface area contributed by atoms with E-state index in [2.05, 4.69) is 30.4 Å². The molecule has 1 aromatic heterocycles. The van der Waals surface area contributed by atoms with Crippen LogP contribution in [0.2, 0.25) is 0 Å². The van der Waals surface area contributed by atoms with Crippen molar-refractivity contribution in [3.8, 4) is 0 Å². The van der Waals surface area contributed by atoms with Crippen LogP contribution >= 0.6 is 0 Å². The Morgan fingerprint density at radius 2 is 2.26 bits per heavy atom. The lowest BCUT2D eigenvalue weighted by Crippen LogP contribution is -2.26. The third-order valence-corrected chi connectivity index (χ3v) is 3.65. The van der Waals surface area contributed by atoms with Gasteiger partial charge in [-0.2, -0.15) is 0 Å². The monoisotopic (exact) mass is 254 g/mol. The highest BCUT2D eigenvalue weighted by atomic mass is 16.2. The smallest absolute Gasteiger partial charge is 0.235 e. The first-order chi connectivity index (χ1) is 9.24. The number of rotatable bonds is 2. The zero-order chi connectivity index (χ0) is 13.2. The SMILES string of the molecule is Cc1cccc(CC(=O)n2ccc3c2CCNC3)c1. The Bertz CT molecular complexity index is 613. The summed E-state index contributed by atoms with van der Waals surface area (Å²) >= 11 is 0. The van der Waals surface area contributed by atoms with E-state index < -0.39 is 0 Å². The molecule has 2 heterocycles. The van der Waals surface area contributed by atoms with Crippen LogP contribution in [-0.2, 0) is 19.4 Å². The lowest BCUT2D eigenvalue weighted by atomic mass is 10.1. The van der Waals surface area contributed by atoms with E-state index in [1.54, 1.807) is 0 Å². The minimum Gasteiger partial charge on any atom is -0.312 e. The van der Waals surface area contributed by atoms with Gasteiger partial charge in [-0.15, -0.1) is 0 Å². The molecule has 0 aliphatic carbocycles. The minimum atomic E-state index is 0.161. The van der Waals surface area contributed by atoms with Crippen molar-refractivity contribution in [2.45, 2.75) is 26.3 Å². The fraction of sp³-hybridized carbons (Fsp3) is 0.312. The van der Waals surface area contributed by atoms with Gasteiger partial charge < -0.3 is 5.32 Å². The number of fused-ring (bicyclic) bond motifs is 1. The first kappa shape index (κ1) is 12.2. The lowest BCUT2D eigenvalue weighted by Gasteiger charge is -2.16. The Morgan fingerprint density at radius 1 is 1.37 bits per heavy atom. The number of nitrogens with zero attached hydrogens (tertiary/aromatic N) is 1. The minimum absolute atomic E-state index is 0.161. The first-order valence-corrected chi connectivity index (χ1v) is 6.72. The Balaban J connectivity index is 1.83. The predicted octanol–water partition coefficient (Wildman–Crippen LogP) is 2.33. The van der Waals surface area contributed by atoms with E-state index in [9.17, 15) is 4.79 Å². The molecule has 3 nitrogen and oxygen atoms in total. The second-order valence-electron chi connectivity index (χ2n) is 5.14. The molecule has 3 heteroatoms. The Morgan fingerprint density at radius 3 is 3.11 bits per heavy atom. The molecule has 1 aliphatic heterocycles. The van der Waals surface area contributed by atoms with Crippen LogP contribution in [0.15, 0.2) is 36.5 Å². The third kappa shape index (κ3) is 2.47. The highest BCUT2D eigenvalue weighted by molar-refractivity contribution is 5.82. The van der Waals surface area contributed by atoms with Crippen molar-refractivity contribution < 1.29 is 4.79 Å². The fourth-order valence-corrected chi connectivity index (χ4v) is 2.69. The largest absolute Gasteiger partial charge is 0.312 e. The van der Waals surface area contributed by atoms with Crippen LogP contribution in [0.1, 0.15) is 27.2 Å². The van der Waals surface area contributed by atoms with Crippen LogP contribution in [0, 0.1) is 6.92 Å². The average molecular weight is 254 g/mol. The number of hydrogen-bond acceptors (Lipinski definition) is 2. The maximum absolute atomic E-state index is 12.4. The van der Waals surface area contributed by atoms with Gasteiger partial charge in [0.05, 0.1) is 6.42 Å². The maximum Gasteiger partial charge on any atom is 0.235 e. The van der Waals surface area contributed by atoms with Gasteiger partial charge in [0.25, 0.3) is 0 Å². The second kappa shape index (κ2) is 5.02. The molecule has 0 fully saturated rings. The van der Waals surface area contributed by atoms with Crippen molar-refractivity contribution in [2.75, 3.05) is 6.54 Å². The summed E-state index contributed by atoms with van der Waals surface area (Å²) in [6, 6.07) is 10.2. The van der Waals surface area contributed by atoms with E-state index in [1.165, 1.54) is 16.8 Å². The topological polar surface area (TPSA) is 34.0 Å². The molecule has 0 spiro atoms. The molecule has 0 saturated heterocycles. The van der Waals surface area contributed by atoms with Gasteiger partial charge in [0.1, 0.15) is 0 Å². The molecule has 3 rings (SSSR count). The van der Waals surface area contributed by atoms with Crippen molar-refractivity contribution >= 4 is 5.91 Å². The summed E-state index contributed by atoms with van der Waals surface area (Å²) in [4.78, 5) is 12.4. The molecule has 2 aromatic rings. The van der Waals surface area contributed by atoms with E-state index >= 15 is 0 Å². The molecule has 1 aliphatic rings. The number of aryl methyl sites for hydroxylation is 1. The summed E-state index contributed by atoms with van der Waals surface area (Å²) in [7, 11) is 0. The van der Waals surface area contributed by atoms with Crippen molar-refractivity contribution in [3.05, 3.63) is 58.9 Å². The molecule has 19 heavy (non-hydrogen) atoms. The van der Waals surface area contributed by atoms with Gasteiger partial charge >= 0.3 is 0 Å². The molecule has 0 amide bonds. The lowest BCUT2D eigenvalue weighted by molar-refractivity contribution is 0.0911. The molecule has 0 atom stereocenters. The van der Waals surface area contributed by atoms with Gasteiger partial charge in [-0.25, -0.2) is 0 Å². The molecule has 1 aromatic carbocycles. The fourth-order valence-electron chi connectivity index (χ4n) is 2.69. The van der Waals surface area contributed by atoms with Crippen molar-refractivity contribution in [1.82, 2.24) is 9.88 Å². The van der Waals surface area contributed by atoms with Crippen LogP contribution in [0.25, 0.3) is 0 Å². The van der Waals surface area contributed by atoms with E-state index in [1.807, 2.05) is 22.9 Å². The van der Waals surface area contributed by atoms with Gasteiger partial charge in [0, 0.05) is 31.4 Å². The molecule has 0 saturated carbocycles. The Kier molecular flexibility index (Phi) is 3.22. The third-order valence-electron chi connectivity index (χ3n) is 3.65. The maximum atomic E-state index is 12.4. The van der Waals surface area contributed by atoms with Crippen LogP contribution in [0.5, 0.6) is 0 Å². The normalized spacial score (nSPS) is 14.2. The van der Waals surface area contributed by atoms with Crippen LogP contribution in [0.3, 0.4) is 0 Å². The summed E-state index contributed by atoms with van der Waals surface area (Å²) in [5.74, 6) is 0.161. The van der Waals surface area contributed by atoms with Gasteiger partial charge in [-0.1, -0.05) is 29.8 Å². The number of benzene rings is 1. The molecule has 0 radical (unpaired) electrons. The number of carbonyl (C=O) groups is 1. The summed E-state index contributed by atoms with van der Waals surface area (Å²) < 4.78 is 1.83. The second-order valence-corrected chi connectivity index (χ2v) is 5.14. The van der Waals surface area contributed by atoms with Crippen LogP contribution in [-0.4, -0.2) is 17.0 Å². The van der Waals surface area contributed by atoms with Gasteiger partial charge in [-0.3, -0.25) is 9.36 Å². The highest BCUT2D eigenvalue weighted by Crippen LogP contribution is 2.16. The Hall–Kier alpha value is -1.87. The number of hydrogen-bond donors (Lipinski definition) is 1. The Labute approximate surface area is 113 Å². The van der Waals surface area contributed by atoms with Crippen molar-refractivity contribution in [2.24, 2.45) is 0 Å². The van der Waals surface area contributed by atoms with E-state index in [-0.39, 0.29) is 5.91 Å². The molecule has 1 N–H and O–H groups in total. The molecule has 0 bridgehead atoms.